The van der Waals surface area contributed by atoms with Crippen molar-refractivity contribution < 1.29 is 4.39 Å². The van der Waals surface area contributed by atoms with Gasteiger partial charge in [-0.3, -0.25) is 0 Å². The number of fused-ring (bicyclic) bond motifs is 1. The van der Waals surface area contributed by atoms with Crippen LogP contribution in [0.25, 0.3) is 16.5 Å². The maximum atomic E-state index is 13.8. The topological polar surface area (TPSA) is 27.8 Å². The van der Waals surface area contributed by atoms with Crippen molar-refractivity contribution >= 4 is 16.5 Å². The highest BCUT2D eigenvalue weighted by molar-refractivity contribution is 5.93. The molecule has 0 atom stereocenters. The van der Waals surface area contributed by atoms with Crippen molar-refractivity contribution in [3.63, 3.8) is 0 Å². The lowest BCUT2D eigenvalue weighted by atomic mass is 9.99. The Morgan fingerprint density at radius 1 is 1.25 bits per heavy atom. The van der Waals surface area contributed by atoms with Gasteiger partial charge in [0, 0.05) is 29.2 Å². The molecule has 2 nitrogen and oxygen atoms in total. The van der Waals surface area contributed by atoms with Gasteiger partial charge in [-0.25, -0.2) is 4.39 Å². The minimum Gasteiger partial charge on any atom is -0.360 e. The Morgan fingerprint density at radius 3 is 3.00 bits per heavy atom. The molecule has 0 saturated heterocycles. The van der Waals surface area contributed by atoms with Crippen LogP contribution in [0.2, 0.25) is 0 Å². The molecule has 0 amide bonds. The van der Waals surface area contributed by atoms with E-state index in [9.17, 15) is 4.39 Å². The predicted molar refractivity (Wildman–Crippen MR) is 63.7 cm³/mol. The molecule has 1 aliphatic heterocycles. The largest absolute Gasteiger partial charge is 0.360 e. The van der Waals surface area contributed by atoms with Gasteiger partial charge in [0.15, 0.2) is 0 Å². The van der Waals surface area contributed by atoms with Crippen LogP contribution >= 0.6 is 0 Å². The first-order chi connectivity index (χ1) is 7.86. The highest BCUT2D eigenvalue weighted by Crippen LogP contribution is 2.29. The van der Waals surface area contributed by atoms with Crippen LogP contribution in [0.1, 0.15) is 12.0 Å². The van der Waals surface area contributed by atoms with Crippen LogP contribution in [-0.2, 0) is 0 Å². The van der Waals surface area contributed by atoms with E-state index in [0.717, 1.165) is 36.0 Å². The summed E-state index contributed by atoms with van der Waals surface area (Å²) in [6.45, 7) is 1.84. The molecule has 3 heteroatoms. The zero-order valence-electron chi connectivity index (χ0n) is 8.89. The molecule has 1 aromatic heterocycles. The first-order valence-corrected chi connectivity index (χ1v) is 5.52. The SMILES string of the molecule is Fc1cccc2[nH]cc(C3=CCNCC3)c12. The molecule has 1 aliphatic rings. The van der Waals surface area contributed by atoms with Crippen LogP contribution in [0.4, 0.5) is 4.39 Å². The lowest BCUT2D eigenvalue weighted by molar-refractivity contribution is 0.639. The standard InChI is InChI=1S/C13H13FN2/c14-11-2-1-3-12-13(11)10(8-16-12)9-4-6-15-7-5-9/h1-4,8,15-16H,5-7H2. The highest BCUT2D eigenvalue weighted by atomic mass is 19.1. The predicted octanol–water partition coefficient (Wildman–Crippen LogP) is 2.68. The molecule has 16 heavy (non-hydrogen) atoms. The van der Waals surface area contributed by atoms with E-state index in [-0.39, 0.29) is 5.82 Å². The fourth-order valence-corrected chi connectivity index (χ4v) is 2.26. The summed E-state index contributed by atoms with van der Waals surface area (Å²) >= 11 is 0. The fraction of sp³-hybridized carbons (Fsp3) is 0.231. The average Bonchev–Trinajstić information content (AvgIpc) is 2.75. The van der Waals surface area contributed by atoms with Crippen molar-refractivity contribution in [3.8, 4) is 0 Å². The number of H-pyrrole nitrogens is 1. The first kappa shape index (κ1) is 9.60. The Hall–Kier alpha value is -1.61. The van der Waals surface area contributed by atoms with Crippen molar-refractivity contribution in [1.29, 1.82) is 0 Å². The van der Waals surface area contributed by atoms with Gasteiger partial charge in [-0.1, -0.05) is 12.1 Å². The quantitative estimate of drug-likeness (QED) is 0.753. The lowest BCUT2D eigenvalue weighted by Gasteiger charge is -2.13. The Bertz CT molecular complexity index is 554. The molecule has 0 fully saturated rings. The van der Waals surface area contributed by atoms with Crippen molar-refractivity contribution in [2.75, 3.05) is 13.1 Å². The third-order valence-electron chi connectivity index (χ3n) is 3.06. The first-order valence-electron chi connectivity index (χ1n) is 5.52. The number of aromatic nitrogens is 1. The summed E-state index contributed by atoms with van der Waals surface area (Å²) in [5.41, 5.74) is 3.11. The summed E-state index contributed by atoms with van der Waals surface area (Å²) in [7, 11) is 0. The van der Waals surface area contributed by atoms with Crippen LogP contribution in [0, 0.1) is 5.82 Å². The molecular weight excluding hydrogens is 203 g/mol. The van der Waals surface area contributed by atoms with Crippen LogP contribution in [0.5, 0.6) is 0 Å². The fourth-order valence-electron chi connectivity index (χ4n) is 2.26. The molecule has 0 spiro atoms. The van der Waals surface area contributed by atoms with Gasteiger partial charge in [-0.05, 0) is 30.7 Å². The van der Waals surface area contributed by atoms with Crippen LogP contribution < -0.4 is 5.32 Å². The van der Waals surface area contributed by atoms with E-state index in [4.69, 9.17) is 0 Å². The van der Waals surface area contributed by atoms with Gasteiger partial charge in [0.2, 0.25) is 0 Å². The lowest BCUT2D eigenvalue weighted by Crippen LogP contribution is -2.19. The molecule has 3 rings (SSSR count). The van der Waals surface area contributed by atoms with E-state index in [1.165, 1.54) is 11.6 Å². The zero-order valence-corrected chi connectivity index (χ0v) is 8.89. The number of hydrogen-bond donors (Lipinski definition) is 2. The van der Waals surface area contributed by atoms with E-state index in [1.807, 2.05) is 12.3 Å². The van der Waals surface area contributed by atoms with E-state index >= 15 is 0 Å². The van der Waals surface area contributed by atoms with E-state index in [1.54, 1.807) is 6.07 Å². The second kappa shape index (κ2) is 3.76. The third kappa shape index (κ3) is 1.44. The molecule has 0 unspecified atom stereocenters. The van der Waals surface area contributed by atoms with E-state index in [2.05, 4.69) is 16.4 Å². The van der Waals surface area contributed by atoms with Gasteiger partial charge in [-0.15, -0.1) is 0 Å². The van der Waals surface area contributed by atoms with Gasteiger partial charge in [-0.2, -0.15) is 0 Å². The van der Waals surface area contributed by atoms with Crippen LogP contribution in [0.3, 0.4) is 0 Å². The molecule has 2 aromatic rings. The smallest absolute Gasteiger partial charge is 0.133 e. The maximum absolute atomic E-state index is 13.8. The number of rotatable bonds is 1. The Labute approximate surface area is 93.2 Å². The molecule has 0 radical (unpaired) electrons. The van der Waals surface area contributed by atoms with Gasteiger partial charge in [0.05, 0.1) is 0 Å². The monoisotopic (exact) mass is 216 g/mol. The molecule has 0 aliphatic carbocycles. The second-order valence-corrected chi connectivity index (χ2v) is 4.05. The summed E-state index contributed by atoms with van der Waals surface area (Å²) in [4.78, 5) is 3.13. The van der Waals surface area contributed by atoms with Gasteiger partial charge in [0.25, 0.3) is 0 Å². The molecule has 82 valence electrons. The Balaban J connectivity index is 2.20. The third-order valence-corrected chi connectivity index (χ3v) is 3.06. The summed E-state index contributed by atoms with van der Waals surface area (Å²) in [5, 5.41) is 3.98. The second-order valence-electron chi connectivity index (χ2n) is 4.05. The number of aromatic amines is 1. The highest BCUT2D eigenvalue weighted by Gasteiger charge is 2.13. The summed E-state index contributed by atoms with van der Waals surface area (Å²) in [5.74, 6) is -0.145. The van der Waals surface area contributed by atoms with Gasteiger partial charge >= 0.3 is 0 Å². The van der Waals surface area contributed by atoms with Crippen molar-refractivity contribution in [1.82, 2.24) is 10.3 Å². The van der Waals surface area contributed by atoms with Crippen molar-refractivity contribution in [2.45, 2.75) is 6.42 Å². The molecule has 0 saturated carbocycles. The van der Waals surface area contributed by atoms with Gasteiger partial charge < -0.3 is 10.3 Å². The zero-order chi connectivity index (χ0) is 11.0. The molecular formula is C13H13FN2. The summed E-state index contributed by atoms with van der Waals surface area (Å²) in [6.07, 6.45) is 5.00. The Kier molecular flexibility index (Phi) is 2.26. The minimum absolute atomic E-state index is 0.145. The molecule has 0 bridgehead atoms. The van der Waals surface area contributed by atoms with Crippen LogP contribution in [-0.4, -0.2) is 18.1 Å². The minimum atomic E-state index is -0.145. The van der Waals surface area contributed by atoms with Crippen LogP contribution in [0.15, 0.2) is 30.5 Å². The normalized spacial score (nSPS) is 16.4. The molecule has 1 aromatic carbocycles. The molecule has 2 N–H and O–H groups in total. The maximum Gasteiger partial charge on any atom is 0.133 e. The molecule has 2 heterocycles. The van der Waals surface area contributed by atoms with Crippen molar-refractivity contribution in [2.24, 2.45) is 0 Å². The Morgan fingerprint density at radius 2 is 2.19 bits per heavy atom. The average molecular weight is 216 g/mol. The van der Waals surface area contributed by atoms with Crippen molar-refractivity contribution in [3.05, 3.63) is 41.9 Å². The number of benzene rings is 1. The van der Waals surface area contributed by atoms with E-state index < -0.39 is 0 Å². The number of hydrogen-bond acceptors (Lipinski definition) is 1. The number of nitrogens with one attached hydrogen (secondary N) is 2. The number of halogens is 1. The summed E-state index contributed by atoms with van der Waals surface area (Å²) in [6, 6.07) is 5.15. The van der Waals surface area contributed by atoms with E-state index in [0.29, 0.717) is 0 Å². The van der Waals surface area contributed by atoms with Gasteiger partial charge in [0.1, 0.15) is 5.82 Å². The summed E-state index contributed by atoms with van der Waals surface area (Å²) < 4.78 is 13.8.